The van der Waals surface area contributed by atoms with Gasteiger partial charge in [0.2, 0.25) is 0 Å². The second-order valence-corrected chi connectivity index (χ2v) is 4.76. The molecule has 1 atom stereocenters. The number of ether oxygens (including phenoxy) is 1. The van der Waals surface area contributed by atoms with Gasteiger partial charge in [-0.05, 0) is 25.1 Å². The van der Waals surface area contributed by atoms with E-state index in [-0.39, 0.29) is 6.61 Å². The van der Waals surface area contributed by atoms with Crippen molar-refractivity contribution in [2.24, 2.45) is 0 Å². The summed E-state index contributed by atoms with van der Waals surface area (Å²) >= 11 is 0. The molecule has 1 amide bonds. The molecule has 1 heterocycles. The molecular weight excluding hydrogens is 290 g/mol. The lowest BCUT2D eigenvalue weighted by Crippen LogP contribution is -2.42. The van der Waals surface area contributed by atoms with Crippen LogP contribution in [0.5, 0.6) is 5.75 Å². The number of carboxylic acid groups (broad SMARTS) is 1. The van der Waals surface area contributed by atoms with E-state index < -0.39 is 23.5 Å². The number of carbonyl (C=O) groups excluding carboxylic acids is 1. The standard InChI is InChI=1S/C15H15NO6/c1-9(15(19)20)16(2)13(17)8-21-11-5-3-10-4-6-14(18)22-12(10)7-11/h3-7,9H,8H2,1-2H3,(H,19,20). The predicted molar refractivity (Wildman–Crippen MR) is 77.8 cm³/mol. The number of hydrogen-bond acceptors (Lipinski definition) is 5. The molecule has 0 fully saturated rings. The molecule has 1 aromatic carbocycles. The number of amides is 1. The molecule has 0 radical (unpaired) electrons. The zero-order valence-corrected chi connectivity index (χ0v) is 12.1. The van der Waals surface area contributed by atoms with Crippen molar-refractivity contribution >= 4 is 22.8 Å². The van der Waals surface area contributed by atoms with Crippen molar-refractivity contribution in [2.45, 2.75) is 13.0 Å². The van der Waals surface area contributed by atoms with Gasteiger partial charge in [0.1, 0.15) is 17.4 Å². The van der Waals surface area contributed by atoms with E-state index >= 15 is 0 Å². The van der Waals surface area contributed by atoms with Crippen LogP contribution in [-0.2, 0) is 9.59 Å². The van der Waals surface area contributed by atoms with Gasteiger partial charge in [-0.25, -0.2) is 9.59 Å². The fraction of sp³-hybridized carbons (Fsp3) is 0.267. The topological polar surface area (TPSA) is 97.0 Å². The van der Waals surface area contributed by atoms with Crippen LogP contribution in [0, 0.1) is 0 Å². The summed E-state index contributed by atoms with van der Waals surface area (Å²) in [6.07, 6.45) is 0. The van der Waals surface area contributed by atoms with Gasteiger partial charge in [0.25, 0.3) is 5.91 Å². The summed E-state index contributed by atoms with van der Waals surface area (Å²) < 4.78 is 10.3. The molecular formula is C15H15NO6. The smallest absolute Gasteiger partial charge is 0.336 e. The van der Waals surface area contributed by atoms with Crippen molar-refractivity contribution < 1.29 is 23.8 Å². The van der Waals surface area contributed by atoms with Gasteiger partial charge >= 0.3 is 11.6 Å². The molecule has 0 bridgehead atoms. The summed E-state index contributed by atoms with van der Waals surface area (Å²) in [6.45, 7) is 1.10. The van der Waals surface area contributed by atoms with Crippen LogP contribution < -0.4 is 10.4 Å². The van der Waals surface area contributed by atoms with Crippen LogP contribution in [0.1, 0.15) is 6.92 Å². The first-order valence-electron chi connectivity index (χ1n) is 6.53. The lowest BCUT2D eigenvalue weighted by Gasteiger charge is -2.21. The van der Waals surface area contributed by atoms with E-state index in [0.717, 1.165) is 10.3 Å². The van der Waals surface area contributed by atoms with E-state index in [4.69, 9.17) is 14.3 Å². The Bertz CT molecular complexity index is 766. The number of hydrogen-bond donors (Lipinski definition) is 1. The quantitative estimate of drug-likeness (QED) is 0.831. The Morgan fingerprint density at radius 2 is 2.00 bits per heavy atom. The van der Waals surface area contributed by atoms with E-state index in [1.165, 1.54) is 26.1 Å². The Hall–Kier alpha value is -2.83. The molecule has 7 heteroatoms. The minimum atomic E-state index is -1.09. The molecule has 0 aliphatic heterocycles. The van der Waals surface area contributed by atoms with E-state index in [1.54, 1.807) is 18.2 Å². The molecule has 0 aliphatic carbocycles. The first-order valence-corrected chi connectivity index (χ1v) is 6.53. The molecule has 1 aromatic heterocycles. The van der Waals surface area contributed by atoms with Crippen LogP contribution in [-0.4, -0.2) is 41.6 Å². The molecule has 0 saturated heterocycles. The van der Waals surface area contributed by atoms with Crippen molar-refractivity contribution in [2.75, 3.05) is 13.7 Å². The van der Waals surface area contributed by atoms with Gasteiger partial charge in [-0.15, -0.1) is 0 Å². The highest BCUT2D eigenvalue weighted by Gasteiger charge is 2.21. The van der Waals surface area contributed by atoms with Gasteiger partial charge in [0.15, 0.2) is 6.61 Å². The number of benzene rings is 1. The van der Waals surface area contributed by atoms with Gasteiger partial charge in [-0.2, -0.15) is 0 Å². The van der Waals surface area contributed by atoms with Gasteiger partial charge in [0, 0.05) is 24.6 Å². The first-order chi connectivity index (χ1) is 10.4. The largest absolute Gasteiger partial charge is 0.484 e. The minimum absolute atomic E-state index is 0.309. The second kappa shape index (κ2) is 6.30. The van der Waals surface area contributed by atoms with Crippen LogP contribution in [0.15, 0.2) is 39.5 Å². The monoisotopic (exact) mass is 305 g/mol. The Morgan fingerprint density at radius 1 is 1.32 bits per heavy atom. The molecule has 1 N–H and O–H groups in total. The third-order valence-electron chi connectivity index (χ3n) is 3.29. The molecule has 0 aliphatic rings. The van der Waals surface area contributed by atoms with Crippen molar-refractivity contribution in [3.8, 4) is 5.75 Å². The normalized spacial score (nSPS) is 11.9. The van der Waals surface area contributed by atoms with Crippen LogP contribution in [0.3, 0.4) is 0 Å². The fourth-order valence-corrected chi connectivity index (χ4v) is 1.76. The average molecular weight is 305 g/mol. The molecule has 0 spiro atoms. The van der Waals surface area contributed by atoms with Gasteiger partial charge in [-0.3, -0.25) is 4.79 Å². The van der Waals surface area contributed by atoms with E-state index in [1.807, 2.05) is 0 Å². The maximum atomic E-state index is 11.8. The summed E-state index contributed by atoms with van der Waals surface area (Å²) in [5, 5.41) is 9.59. The Balaban J connectivity index is 2.06. The maximum Gasteiger partial charge on any atom is 0.336 e. The van der Waals surface area contributed by atoms with Crippen LogP contribution >= 0.6 is 0 Å². The van der Waals surface area contributed by atoms with Crippen molar-refractivity contribution in [1.82, 2.24) is 4.90 Å². The van der Waals surface area contributed by atoms with Crippen molar-refractivity contribution in [3.63, 3.8) is 0 Å². The lowest BCUT2D eigenvalue weighted by atomic mass is 10.2. The number of aliphatic carboxylic acids is 1. The molecule has 1 unspecified atom stereocenters. The zero-order chi connectivity index (χ0) is 16.3. The zero-order valence-electron chi connectivity index (χ0n) is 12.1. The number of nitrogens with zero attached hydrogens (tertiary/aromatic N) is 1. The number of carbonyl (C=O) groups is 2. The van der Waals surface area contributed by atoms with E-state index in [9.17, 15) is 14.4 Å². The molecule has 0 saturated carbocycles. The predicted octanol–water partition coefficient (Wildman–Crippen LogP) is 1.10. The Kier molecular flexibility index (Phi) is 4.45. The SMILES string of the molecule is CC(C(=O)O)N(C)C(=O)COc1ccc2ccc(=O)oc2c1. The van der Waals surface area contributed by atoms with Crippen LogP contribution in [0.2, 0.25) is 0 Å². The summed E-state index contributed by atoms with van der Waals surface area (Å²) in [4.78, 5) is 34.9. The molecule has 2 aromatic rings. The third-order valence-corrected chi connectivity index (χ3v) is 3.29. The highest BCUT2D eigenvalue weighted by molar-refractivity contribution is 5.84. The second-order valence-electron chi connectivity index (χ2n) is 4.76. The summed E-state index contributed by atoms with van der Waals surface area (Å²) in [5.41, 5.74) is -0.125. The molecule has 2 rings (SSSR count). The Morgan fingerprint density at radius 3 is 2.68 bits per heavy atom. The number of likely N-dealkylation sites (N-methyl/N-ethyl adjacent to an activating group) is 1. The van der Waals surface area contributed by atoms with E-state index in [2.05, 4.69) is 0 Å². The summed E-state index contributed by atoms with van der Waals surface area (Å²) in [5.74, 6) is -1.21. The highest BCUT2D eigenvalue weighted by atomic mass is 16.5. The summed E-state index contributed by atoms with van der Waals surface area (Å²) in [7, 11) is 1.39. The minimum Gasteiger partial charge on any atom is -0.484 e. The van der Waals surface area contributed by atoms with E-state index in [0.29, 0.717) is 11.3 Å². The molecule has 116 valence electrons. The van der Waals surface area contributed by atoms with Crippen molar-refractivity contribution in [3.05, 3.63) is 40.8 Å². The van der Waals surface area contributed by atoms with Gasteiger partial charge in [-0.1, -0.05) is 0 Å². The third kappa shape index (κ3) is 3.43. The maximum absolute atomic E-state index is 11.8. The van der Waals surface area contributed by atoms with Gasteiger partial charge < -0.3 is 19.2 Å². The number of carboxylic acids is 1. The lowest BCUT2D eigenvalue weighted by molar-refractivity contribution is -0.148. The number of rotatable bonds is 5. The molecule has 22 heavy (non-hydrogen) atoms. The van der Waals surface area contributed by atoms with Gasteiger partial charge in [0.05, 0.1) is 0 Å². The summed E-state index contributed by atoms with van der Waals surface area (Å²) in [6, 6.07) is 6.83. The fourth-order valence-electron chi connectivity index (χ4n) is 1.76. The highest BCUT2D eigenvalue weighted by Crippen LogP contribution is 2.19. The average Bonchev–Trinajstić information content (AvgIpc) is 2.50. The van der Waals surface area contributed by atoms with Crippen LogP contribution in [0.25, 0.3) is 11.0 Å². The number of fused-ring (bicyclic) bond motifs is 1. The first kappa shape index (κ1) is 15.6. The van der Waals surface area contributed by atoms with Crippen molar-refractivity contribution in [1.29, 1.82) is 0 Å². The Labute approximate surface area is 125 Å². The van der Waals surface area contributed by atoms with Crippen LogP contribution in [0.4, 0.5) is 0 Å². The molecule has 7 nitrogen and oxygen atoms in total.